The van der Waals surface area contributed by atoms with Crippen molar-refractivity contribution in [2.75, 3.05) is 5.32 Å². The second-order valence-corrected chi connectivity index (χ2v) is 5.32. The van der Waals surface area contributed by atoms with Crippen LogP contribution in [0.25, 0.3) is 11.4 Å². The molecule has 18 heavy (non-hydrogen) atoms. The van der Waals surface area contributed by atoms with Crippen molar-refractivity contribution in [1.29, 1.82) is 0 Å². The average Bonchev–Trinajstić information content (AvgIpc) is 2.61. The van der Waals surface area contributed by atoms with Gasteiger partial charge >= 0.3 is 6.01 Å². The van der Waals surface area contributed by atoms with Gasteiger partial charge in [-0.25, -0.2) is 4.39 Å². The van der Waals surface area contributed by atoms with Gasteiger partial charge in [0.2, 0.25) is 5.82 Å². The molecule has 0 spiro atoms. The van der Waals surface area contributed by atoms with Gasteiger partial charge in [-0.2, -0.15) is 4.98 Å². The quantitative estimate of drug-likeness (QED) is 0.886. The molecule has 0 saturated heterocycles. The fourth-order valence-electron chi connectivity index (χ4n) is 1.58. The maximum Gasteiger partial charge on any atom is 0.322 e. The summed E-state index contributed by atoms with van der Waals surface area (Å²) >= 11 is 0. The average molecular weight is 249 g/mol. The van der Waals surface area contributed by atoms with Crippen molar-refractivity contribution >= 4 is 6.01 Å². The van der Waals surface area contributed by atoms with E-state index >= 15 is 0 Å². The third-order valence-corrected chi connectivity index (χ3v) is 2.21. The normalized spacial score (nSPS) is 11.6. The zero-order chi connectivity index (χ0) is 13.3. The highest BCUT2D eigenvalue weighted by molar-refractivity contribution is 5.56. The van der Waals surface area contributed by atoms with Gasteiger partial charge in [0.15, 0.2) is 0 Å². The van der Waals surface area contributed by atoms with Crippen molar-refractivity contribution in [3.8, 4) is 11.4 Å². The summed E-state index contributed by atoms with van der Waals surface area (Å²) in [7, 11) is 0. The van der Waals surface area contributed by atoms with Gasteiger partial charge in [-0.15, -0.1) is 0 Å². The number of halogens is 1. The molecule has 2 rings (SSSR count). The van der Waals surface area contributed by atoms with Crippen LogP contribution >= 0.6 is 0 Å². The maximum absolute atomic E-state index is 13.3. The van der Waals surface area contributed by atoms with Crippen LogP contribution in [0.5, 0.6) is 0 Å². The van der Waals surface area contributed by atoms with Gasteiger partial charge in [0, 0.05) is 11.1 Å². The van der Waals surface area contributed by atoms with E-state index < -0.39 is 0 Å². The molecule has 0 aliphatic rings. The van der Waals surface area contributed by atoms with Gasteiger partial charge in [-0.3, -0.25) is 0 Å². The smallest absolute Gasteiger partial charge is 0.322 e. The minimum atomic E-state index is -0.305. The van der Waals surface area contributed by atoms with Gasteiger partial charge < -0.3 is 9.84 Å². The summed E-state index contributed by atoms with van der Waals surface area (Å²) in [5.74, 6) is 0.0736. The first-order chi connectivity index (χ1) is 8.33. The summed E-state index contributed by atoms with van der Waals surface area (Å²) in [6.45, 7) is 7.79. The van der Waals surface area contributed by atoms with Gasteiger partial charge in [-0.1, -0.05) is 5.16 Å². The fourth-order valence-corrected chi connectivity index (χ4v) is 1.58. The van der Waals surface area contributed by atoms with Crippen molar-refractivity contribution in [3.05, 3.63) is 29.6 Å². The number of hydrogen-bond donors (Lipinski definition) is 1. The Bertz CT molecular complexity index is 537. The molecule has 0 atom stereocenters. The van der Waals surface area contributed by atoms with Crippen molar-refractivity contribution in [2.24, 2.45) is 0 Å². The minimum absolute atomic E-state index is 0.165. The molecule has 1 heterocycles. The minimum Gasteiger partial charge on any atom is -0.333 e. The first kappa shape index (κ1) is 12.5. The number of aryl methyl sites for hydroxylation is 1. The van der Waals surface area contributed by atoms with Crippen molar-refractivity contribution in [1.82, 2.24) is 10.1 Å². The van der Waals surface area contributed by atoms with Gasteiger partial charge in [0.25, 0.3) is 0 Å². The number of hydrogen-bond acceptors (Lipinski definition) is 4. The van der Waals surface area contributed by atoms with Crippen molar-refractivity contribution in [3.63, 3.8) is 0 Å². The van der Waals surface area contributed by atoms with Crippen LogP contribution < -0.4 is 5.32 Å². The molecular weight excluding hydrogens is 233 g/mol. The van der Waals surface area contributed by atoms with E-state index in [1.165, 1.54) is 12.1 Å². The van der Waals surface area contributed by atoms with E-state index in [0.29, 0.717) is 17.4 Å². The Morgan fingerprint density at radius 2 is 1.94 bits per heavy atom. The number of aromatic nitrogens is 2. The second kappa shape index (κ2) is 4.40. The van der Waals surface area contributed by atoms with Crippen LogP contribution in [0.2, 0.25) is 0 Å². The number of rotatable bonds is 2. The van der Waals surface area contributed by atoms with E-state index in [-0.39, 0.29) is 11.4 Å². The topological polar surface area (TPSA) is 51.0 Å². The third kappa shape index (κ3) is 3.06. The monoisotopic (exact) mass is 249 g/mol. The van der Waals surface area contributed by atoms with Crippen LogP contribution in [0.4, 0.5) is 10.4 Å². The molecule has 1 N–H and O–H groups in total. The Labute approximate surface area is 105 Å². The van der Waals surface area contributed by atoms with Crippen LogP contribution in [-0.4, -0.2) is 15.7 Å². The molecule has 0 radical (unpaired) electrons. The molecule has 1 aromatic carbocycles. The lowest BCUT2D eigenvalue weighted by molar-refractivity contribution is 0.420. The van der Waals surface area contributed by atoms with E-state index in [1.54, 1.807) is 0 Å². The Kier molecular flexibility index (Phi) is 3.07. The Morgan fingerprint density at radius 1 is 1.22 bits per heavy atom. The molecular formula is C13H16FN3O. The predicted octanol–water partition coefficient (Wildman–Crippen LogP) is 3.39. The molecule has 0 fully saturated rings. The van der Waals surface area contributed by atoms with Crippen LogP contribution in [0.1, 0.15) is 26.3 Å². The third-order valence-electron chi connectivity index (χ3n) is 2.21. The summed E-state index contributed by atoms with van der Waals surface area (Å²) in [4.78, 5) is 4.19. The second-order valence-electron chi connectivity index (χ2n) is 5.32. The zero-order valence-electron chi connectivity index (χ0n) is 10.9. The van der Waals surface area contributed by atoms with Crippen LogP contribution in [0, 0.1) is 12.7 Å². The van der Waals surface area contributed by atoms with Crippen molar-refractivity contribution < 1.29 is 8.91 Å². The van der Waals surface area contributed by atoms with E-state index in [0.717, 1.165) is 5.56 Å². The first-order valence-electron chi connectivity index (χ1n) is 5.73. The van der Waals surface area contributed by atoms with E-state index in [2.05, 4.69) is 15.5 Å². The summed E-state index contributed by atoms with van der Waals surface area (Å²) in [6, 6.07) is 4.99. The first-order valence-corrected chi connectivity index (χ1v) is 5.73. The Morgan fingerprint density at radius 3 is 2.56 bits per heavy atom. The van der Waals surface area contributed by atoms with E-state index in [1.807, 2.05) is 33.8 Å². The molecule has 2 aromatic rings. The lowest BCUT2D eigenvalue weighted by atomic mass is 10.1. The molecule has 0 unspecified atom stereocenters. The van der Waals surface area contributed by atoms with Crippen molar-refractivity contribution in [2.45, 2.75) is 33.2 Å². The summed E-state index contributed by atoms with van der Waals surface area (Å²) in [6.07, 6.45) is 0. The SMILES string of the molecule is Cc1cc(F)cc(-c2noc(NC(C)(C)C)n2)c1. The standard InChI is InChI=1S/C13H16FN3O/c1-8-5-9(7-10(14)6-8)11-15-12(18-17-11)16-13(2,3)4/h5-7H,1-4H3,(H,15,16,17). The highest BCUT2D eigenvalue weighted by atomic mass is 19.1. The number of nitrogens with zero attached hydrogens (tertiary/aromatic N) is 2. The van der Waals surface area contributed by atoms with Gasteiger partial charge in [0.1, 0.15) is 5.82 Å². The molecule has 0 aliphatic heterocycles. The summed E-state index contributed by atoms with van der Waals surface area (Å²) in [5, 5.41) is 6.90. The molecule has 0 bridgehead atoms. The molecule has 96 valence electrons. The summed E-state index contributed by atoms with van der Waals surface area (Å²) in [5.41, 5.74) is 1.26. The highest BCUT2D eigenvalue weighted by Gasteiger charge is 2.15. The lowest BCUT2D eigenvalue weighted by Crippen LogP contribution is -2.26. The number of anilines is 1. The van der Waals surface area contributed by atoms with E-state index in [4.69, 9.17) is 4.52 Å². The molecule has 0 saturated carbocycles. The number of benzene rings is 1. The predicted molar refractivity (Wildman–Crippen MR) is 67.8 cm³/mol. The van der Waals surface area contributed by atoms with Gasteiger partial charge in [-0.05, 0) is 51.5 Å². The van der Waals surface area contributed by atoms with Gasteiger partial charge in [0.05, 0.1) is 0 Å². The highest BCUT2D eigenvalue weighted by Crippen LogP contribution is 2.21. The fraction of sp³-hybridized carbons (Fsp3) is 0.385. The molecule has 4 nitrogen and oxygen atoms in total. The lowest BCUT2D eigenvalue weighted by Gasteiger charge is -2.17. The zero-order valence-corrected chi connectivity index (χ0v) is 10.9. The van der Waals surface area contributed by atoms with Crippen LogP contribution in [0.3, 0.4) is 0 Å². The summed E-state index contributed by atoms with van der Waals surface area (Å²) < 4.78 is 18.4. The molecule has 0 aliphatic carbocycles. The maximum atomic E-state index is 13.3. The van der Waals surface area contributed by atoms with Crippen LogP contribution in [-0.2, 0) is 0 Å². The largest absolute Gasteiger partial charge is 0.333 e. The molecule has 5 heteroatoms. The Hall–Kier alpha value is -1.91. The Balaban J connectivity index is 2.29. The van der Waals surface area contributed by atoms with E-state index in [9.17, 15) is 4.39 Å². The molecule has 1 aromatic heterocycles. The molecule has 0 amide bonds. The number of nitrogens with one attached hydrogen (secondary N) is 1. The van der Waals surface area contributed by atoms with Crippen LogP contribution in [0.15, 0.2) is 22.7 Å².